The highest BCUT2D eigenvalue weighted by Crippen LogP contribution is 2.24. The summed E-state index contributed by atoms with van der Waals surface area (Å²) in [7, 11) is 0. The van der Waals surface area contributed by atoms with Gasteiger partial charge in [-0.3, -0.25) is 4.79 Å². The molecule has 1 aliphatic rings. The fraction of sp³-hybridized carbons (Fsp3) is 0.381. The average molecular weight is 356 g/mol. The van der Waals surface area contributed by atoms with E-state index in [1.807, 2.05) is 60.7 Å². The van der Waals surface area contributed by atoms with Crippen LogP contribution < -0.4 is 0 Å². The van der Waals surface area contributed by atoms with Gasteiger partial charge in [0.25, 0.3) is 0 Å². The van der Waals surface area contributed by atoms with Gasteiger partial charge in [0.1, 0.15) is 12.7 Å². The Morgan fingerprint density at radius 3 is 2.27 bits per heavy atom. The molecule has 0 unspecified atom stereocenters. The summed E-state index contributed by atoms with van der Waals surface area (Å²) in [5.74, 6) is -0.322. The van der Waals surface area contributed by atoms with Gasteiger partial charge in [-0.2, -0.15) is 0 Å². The van der Waals surface area contributed by atoms with E-state index in [1.165, 1.54) is 0 Å². The van der Waals surface area contributed by atoms with Gasteiger partial charge in [0.2, 0.25) is 0 Å². The molecule has 1 saturated heterocycles. The number of hydrogen-bond donors (Lipinski definition) is 1. The summed E-state index contributed by atoms with van der Waals surface area (Å²) in [4.78, 5) is 12.0. The Morgan fingerprint density at radius 2 is 1.62 bits per heavy atom. The molecule has 0 aliphatic carbocycles. The molecular weight excluding hydrogens is 332 g/mol. The molecule has 5 nitrogen and oxygen atoms in total. The topological polar surface area (TPSA) is 65.0 Å². The number of ether oxygens (including phenoxy) is 3. The van der Waals surface area contributed by atoms with Crippen molar-refractivity contribution in [3.63, 3.8) is 0 Å². The second kappa shape index (κ2) is 9.48. The van der Waals surface area contributed by atoms with E-state index < -0.39 is 12.2 Å². The molecule has 3 atom stereocenters. The molecule has 0 amide bonds. The SMILES string of the molecule is O=C(C[C@H]1C[C@H](O)[C@@H](COCc2ccccc2)O1)OCc1ccccc1. The molecule has 2 aromatic rings. The van der Waals surface area contributed by atoms with Gasteiger partial charge < -0.3 is 19.3 Å². The Kier molecular flexibility index (Phi) is 6.77. The van der Waals surface area contributed by atoms with E-state index in [2.05, 4.69) is 0 Å². The summed E-state index contributed by atoms with van der Waals surface area (Å²) in [6, 6.07) is 19.4. The van der Waals surface area contributed by atoms with Crippen molar-refractivity contribution in [2.45, 2.75) is 44.4 Å². The van der Waals surface area contributed by atoms with Gasteiger partial charge in [-0.1, -0.05) is 60.7 Å². The van der Waals surface area contributed by atoms with Gasteiger partial charge in [-0.25, -0.2) is 0 Å². The Hall–Kier alpha value is -2.21. The lowest BCUT2D eigenvalue weighted by Crippen LogP contribution is -2.26. The molecule has 1 N–H and O–H groups in total. The zero-order valence-electron chi connectivity index (χ0n) is 14.6. The molecule has 0 saturated carbocycles. The quantitative estimate of drug-likeness (QED) is 0.737. The third kappa shape index (κ3) is 5.66. The third-order valence-electron chi connectivity index (χ3n) is 4.33. The summed E-state index contributed by atoms with van der Waals surface area (Å²) in [5, 5.41) is 10.1. The van der Waals surface area contributed by atoms with Crippen molar-refractivity contribution >= 4 is 5.97 Å². The van der Waals surface area contributed by atoms with E-state index in [0.717, 1.165) is 11.1 Å². The Bertz CT molecular complexity index is 673. The monoisotopic (exact) mass is 356 g/mol. The number of benzene rings is 2. The van der Waals surface area contributed by atoms with E-state index in [4.69, 9.17) is 14.2 Å². The van der Waals surface area contributed by atoms with Crippen LogP contribution in [0, 0.1) is 0 Å². The zero-order valence-corrected chi connectivity index (χ0v) is 14.6. The molecule has 0 radical (unpaired) electrons. The van der Waals surface area contributed by atoms with Crippen LogP contribution in [-0.4, -0.2) is 36.0 Å². The minimum atomic E-state index is -0.627. The minimum absolute atomic E-state index is 0.138. The average Bonchev–Trinajstić information content (AvgIpc) is 3.01. The van der Waals surface area contributed by atoms with Crippen LogP contribution in [-0.2, 0) is 32.2 Å². The van der Waals surface area contributed by atoms with Crippen LogP contribution in [0.5, 0.6) is 0 Å². The summed E-state index contributed by atoms with van der Waals surface area (Å²) in [6.07, 6.45) is -0.819. The fourth-order valence-corrected chi connectivity index (χ4v) is 2.95. The molecule has 1 heterocycles. The standard InChI is InChI=1S/C21H24O5/c22-19-11-18(12-21(23)25-14-17-9-5-2-6-10-17)26-20(19)15-24-13-16-7-3-1-4-8-16/h1-10,18-20,22H,11-15H2/t18-,19+,20-/m1/s1. The van der Waals surface area contributed by atoms with Crippen LogP contribution in [0.25, 0.3) is 0 Å². The largest absolute Gasteiger partial charge is 0.461 e. The van der Waals surface area contributed by atoms with E-state index in [-0.39, 0.29) is 25.1 Å². The predicted octanol–water partition coefficient (Wildman–Crippen LogP) is 2.86. The Balaban J connectivity index is 1.37. The number of carbonyl (C=O) groups excluding carboxylic acids is 1. The van der Waals surface area contributed by atoms with Crippen LogP contribution in [0.3, 0.4) is 0 Å². The second-order valence-corrected chi connectivity index (χ2v) is 6.45. The van der Waals surface area contributed by atoms with Gasteiger partial charge in [-0.05, 0) is 11.1 Å². The van der Waals surface area contributed by atoms with Crippen molar-refractivity contribution in [2.75, 3.05) is 6.61 Å². The lowest BCUT2D eigenvalue weighted by atomic mass is 10.1. The van der Waals surface area contributed by atoms with Crippen molar-refractivity contribution in [2.24, 2.45) is 0 Å². The predicted molar refractivity (Wildman–Crippen MR) is 96.2 cm³/mol. The van der Waals surface area contributed by atoms with Crippen LogP contribution >= 0.6 is 0 Å². The van der Waals surface area contributed by atoms with Gasteiger partial charge in [-0.15, -0.1) is 0 Å². The number of aliphatic hydroxyl groups excluding tert-OH is 1. The fourth-order valence-electron chi connectivity index (χ4n) is 2.95. The van der Waals surface area contributed by atoms with Gasteiger partial charge in [0, 0.05) is 6.42 Å². The first-order valence-corrected chi connectivity index (χ1v) is 8.85. The van der Waals surface area contributed by atoms with Crippen molar-refractivity contribution in [1.29, 1.82) is 0 Å². The van der Waals surface area contributed by atoms with E-state index in [1.54, 1.807) is 0 Å². The number of hydrogen-bond acceptors (Lipinski definition) is 5. The highest BCUT2D eigenvalue weighted by molar-refractivity contribution is 5.70. The van der Waals surface area contributed by atoms with E-state index in [0.29, 0.717) is 19.6 Å². The maximum Gasteiger partial charge on any atom is 0.308 e. The van der Waals surface area contributed by atoms with Crippen LogP contribution in [0.15, 0.2) is 60.7 Å². The molecule has 138 valence electrons. The summed E-state index contributed by atoms with van der Waals surface area (Å²) < 4.78 is 16.7. The summed E-state index contributed by atoms with van der Waals surface area (Å²) in [5.41, 5.74) is 2.02. The van der Waals surface area contributed by atoms with Crippen LogP contribution in [0.2, 0.25) is 0 Å². The van der Waals surface area contributed by atoms with Gasteiger partial charge in [0.05, 0.1) is 31.8 Å². The molecular formula is C21H24O5. The van der Waals surface area contributed by atoms with Crippen molar-refractivity contribution in [3.8, 4) is 0 Å². The first-order chi connectivity index (χ1) is 12.7. The summed E-state index contributed by atoms with van der Waals surface area (Å²) >= 11 is 0. The minimum Gasteiger partial charge on any atom is -0.461 e. The lowest BCUT2D eigenvalue weighted by molar-refractivity contribution is -0.148. The van der Waals surface area contributed by atoms with Crippen LogP contribution in [0.1, 0.15) is 24.0 Å². The molecule has 1 aliphatic heterocycles. The number of rotatable bonds is 8. The van der Waals surface area contributed by atoms with E-state index >= 15 is 0 Å². The number of carbonyl (C=O) groups is 1. The maximum absolute atomic E-state index is 12.0. The summed E-state index contributed by atoms with van der Waals surface area (Å²) in [6.45, 7) is 1.02. The van der Waals surface area contributed by atoms with Crippen molar-refractivity contribution < 1.29 is 24.1 Å². The smallest absolute Gasteiger partial charge is 0.308 e. The third-order valence-corrected chi connectivity index (χ3v) is 4.33. The number of esters is 1. The molecule has 2 aromatic carbocycles. The molecule has 5 heteroatoms. The Morgan fingerprint density at radius 1 is 1.00 bits per heavy atom. The van der Waals surface area contributed by atoms with Crippen LogP contribution in [0.4, 0.5) is 0 Å². The van der Waals surface area contributed by atoms with E-state index in [9.17, 15) is 9.90 Å². The zero-order chi connectivity index (χ0) is 18.2. The van der Waals surface area contributed by atoms with Crippen molar-refractivity contribution in [1.82, 2.24) is 0 Å². The first kappa shape index (κ1) is 18.6. The van der Waals surface area contributed by atoms with Crippen molar-refractivity contribution in [3.05, 3.63) is 71.8 Å². The van der Waals surface area contributed by atoms with Gasteiger partial charge >= 0.3 is 5.97 Å². The first-order valence-electron chi connectivity index (χ1n) is 8.85. The second-order valence-electron chi connectivity index (χ2n) is 6.45. The van der Waals surface area contributed by atoms with Gasteiger partial charge in [0.15, 0.2) is 0 Å². The Labute approximate surface area is 153 Å². The maximum atomic E-state index is 12.0. The molecule has 3 rings (SSSR count). The number of aliphatic hydroxyl groups is 1. The molecule has 1 fully saturated rings. The normalized spacial score (nSPS) is 22.3. The molecule has 0 spiro atoms. The molecule has 26 heavy (non-hydrogen) atoms. The molecule has 0 aromatic heterocycles. The highest BCUT2D eigenvalue weighted by atomic mass is 16.6. The highest BCUT2D eigenvalue weighted by Gasteiger charge is 2.35. The lowest BCUT2D eigenvalue weighted by Gasteiger charge is -2.15. The molecule has 0 bridgehead atoms.